The summed E-state index contributed by atoms with van der Waals surface area (Å²) in [6, 6.07) is 14.1. The van der Waals surface area contributed by atoms with Gasteiger partial charge >= 0.3 is 5.97 Å². The van der Waals surface area contributed by atoms with Gasteiger partial charge in [0.25, 0.3) is 0 Å². The smallest absolute Gasteiger partial charge is 0.306 e. The zero-order valence-electron chi connectivity index (χ0n) is 28.2. The van der Waals surface area contributed by atoms with E-state index in [1.54, 1.807) is 21.7 Å². The van der Waals surface area contributed by atoms with Crippen LogP contribution in [0.3, 0.4) is 0 Å². The van der Waals surface area contributed by atoms with Crippen LogP contribution < -0.4 is 5.32 Å². The van der Waals surface area contributed by atoms with Gasteiger partial charge in [-0.3, -0.25) is 19.2 Å². The molecule has 0 unspecified atom stereocenters. The van der Waals surface area contributed by atoms with Gasteiger partial charge in [0.05, 0.1) is 42.1 Å². The molecule has 1 aromatic heterocycles. The number of esters is 1. The highest BCUT2D eigenvalue weighted by Crippen LogP contribution is 2.59. The van der Waals surface area contributed by atoms with E-state index in [-0.39, 0.29) is 38.8 Å². The van der Waals surface area contributed by atoms with E-state index in [0.717, 1.165) is 11.1 Å². The Kier molecular flexibility index (Phi) is 10.4. The van der Waals surface area contributed by atoms with E-state index in [4.69, 9.17) is 9.47 Å². The fourth-order valence-corrected chi connectivity index (χ4v) is 7.85. The number of aliphatic hydroxyl groups excluding tert-OH is 1. The predicted octanol–water partition coefficient (Wildman–Crippen LogP) is 2.92. The van der Waals surface area contributed by atoms with Crippen LogP contribution in [-0.2, 0) is 35.3 Å². The first-order chi connectivity index (χ1) is 24.3. The molecule has 4 heterocycles. The number of aliphatic hydroxyl groups is 1. The number of ether oxygens (including phenoxy) is 2. The lowest BCUT2D eigenvalue weighted by Crippen LogP contribution is -2.58. The molecule has 2 N–H and O–H groups in total. The number of amides is 3. The number of nitrogens with zero attached hydrogens (tertiary/aromatic N) is 5. The van der Waals surface area contributed by atoms with Crippen molar-refractivity contribution in [2.24, 2.45) is 11.8 Å². The van der Waals surface area contributed by atoms with Crippen molar-refractivity contribution in [1.82, 2.24) is 30.1 Å². The molecule has 264 valence electrons. The van der Waals surface area contributed by atoms with Crippen LogP contribution in [0.1, 0.15) is 50.6 Å². The number of benzene rings is 2. The van der Waals surface area contributed by atoms with Gasteiger partial charge in [0.1, 0.15) is 30.4 Å². The van der Waals surface area contributed by atoms with Gasteiger partial charge in [0.15, 0.2) is 0 Å². The summed E-state index contributed by atoms with van der Waals surface area (Å²) in [6.45, 7) is 9.08. The molecule has 2 aromatic carbocycles. The van der Waals surface area contributed by atoms with Crippen LogP contribution in [0, 0.1) is 11.8 Å². The van der Waals surface area contributed by atoms with E-state index in [0.29, 0.717) is 31.2 Å². The van der Waals surface area contributed by atoms with Gasteiger partial charge in [-0.15, -0.1) is 18.3 Å². The highest BCUT2D eigenvalue weighted by atomic mass is 16.5. The average molecular weight is 685 g/mol. The maximum Gasteiger partial charge on any atom is 0.306 e. The standard InChI is InChI=1S/C37H44N6O7/c1-4-7-17-30(45)49-22-27(24-13-9-8-10-14-24)38-34(46)31-29-18-19-37(50-29)32(31)35(47)43(25(6-3)21-44)33(37)36(48)41(20-5-2)23-42-28-16-12-11-15-26(28)39-40-42/h4-5,8-16,25,27,29,31-33,44H,1-2,6-7,17-23H2,3H3,(H,38,46)/t25-,27-,29-,31+,32+,33-,37+/m0/s1. The molecule has 3 aromatic rings. The number of nitrogens with one attached hydrogen (secondary N) is 1. The second-order valence-electron chi connectivity index (χ2n) is 13.1. The lowest BCUT2D eigenvalue weighted by atomic mass is 9.70. The number of para-hydroxylation sites is 1. The third-order valence-corrected chi connectivity index (χ3v) is 10.2. The molecular formula is C37H44N6O7. The van der Waals surface area contributed by atoms with E-state index in [1.807, 2.05) is 61.5 Å². The van der Waals surface area contributed by atoms with Crippen LogP contribution in [0.15, 0.2) is 79.9 Å². The summed E-state index contributed by atoms with van der Waals surface area (Å²) in [5, 5.41) is 22.0. The second kappa shape index (κ2) is 14.9. The van der Waals surface area contributed by atoms with Crippen molar-refractivity contribution in [3.05, 3.63) is 85.5 Å². The summed E-state index contributed by atoms with van der Waals surface area (Å²) < 4.78 is 13.8. The Balaban J connectivity index is 1.31. The lowest BCUT2D eigenvalue weighted by Gasteiger charge is -2.39. The van der Waals surface area contributed by atoms with E-state index in [2.05, 4.69) is 28.8 Å². The van der Waals surface area contributed by atoms with Gasteiger partial charge < -0.3 is 29.7 Å². The number of allylic oxidation sites excluding steroid dienone is 1. The summed E-state index contributed by atoms with van der Waals surface area (Å²) in [5.74, 6) is -3.48. The molecule has 0 aliphatic carbocycles. The minimum absolute atomic E-state index is 0.0399. The SMILES string of the molecule is C=CCCC(=O)OC[C@H](NC(=O)[C@@H]1[C@@H]2CC[C@]3(O2)[C@H](C(=O)N(CC=C)Cn2nnc4ccccc42)N([C@@H](CC)CO)C(=O)[C@@H]13)c1ccccc1. The van der Waals surface area contributed by atoms with Gasteiger partial charge in [-0.25, -0.2) is 4.68 Å². The van der Waals surface area contributed by atoms with Crippen molar-refractivity contribution in [2.45, 2.75) is 75.5 Å². The van der Waals surface area contributed by atoms with Crippen LogP contribution >= 0.6 is 0 Å². The lowest BCUT2D eigenvalue weighted by molar-refractivity contribution is -0.152. The zero-order valence-corrected chi connectivity index (χ0v) is 28.2. The molecule has 3 amide bonds. The Bertz CT molecular complexity index is 1740. The monoisotopic (exact) mass is 684 g/mol. The molecule has 7 atom stereocenters. The first kappa shape index (κ1) is 35.0. The molecule has 0 saturated carbocycles. The average Bonchev–Trinajstić information content (AvgIpc) is 3.89. The van der Waals surface area contributed by atoms with Crippen LogP contribution in [0.25, 0.3) is 11.0 Å². The Morgan fingerprint density at radius 3 is 2.64 bits per heavy atom. The van der Waals surface area contributed by atoms with Crippen LogP contribution in [0.4, 0.5) is 0 Å². The van der Waals surface area contributed by atoms with E-state index >= 15 is 0 Å². The summed E-state index contributed by atoms with van der Waals surface area (Å²) in [4.78, 5) is 59.0. The van der Waals surface area contributed by atoms with Crippen molar-refractivity contribution < 1.29 is 33.8 Å². The molecule has 2 bridgehead atoms. The van der Waals surface area contributed by atoms with Gasteiger partial charge in [-0.2, -0.15) is 0 Å². The largest absolute Gasteiger partial charge is 0.463 e. The van der Waals surface area contributed by atoms with E-state index in [9.17, 15) is 24.3 Å². The van der Waals surface area contributed by atoms with Crippen molar-refractivity contribution in [3.8, 4) is 0 Å². The number of carbonyl (C=O) groups excluding carboxylic acids is 4. The Morgan fingerprint density at radius 2 is 1.92 bits per heavy atom. The third kappa shape index (κ3) is 6.31. The van der Waals surface area contributed by atoms with Gasteiger partial charge in [-0.05, 0) is 43.4 Å². The first-order valence-corrected chi connectivity index (χ1v) is 17.2. The number of rotatable bonds is 16. The molecule has 0 radical (unpaired) electrons. The zero-order chi connectivity index (χ0) is 35.4. The number of hydrogen-bond acceptors (Lipinski definition) is 9. The highest BCUT2D eigenvalue weighted by Gasteiger charge is 2.75. The number of likely N-dealkylation sites (tertiary alicyclic amines) is 1. The topological polar surface area (TPSA) is 156 Å². The molecule has 13 heteroatoms. The number of aromatic nitrogens is 3. The quantitative estimate of drug-likeness (QED) is 0.171. The minimum Gasteiger partial charge on any atom is -0.463 e. The summed E-state index contributed by atoms with van der Waals surface area (Å²) in [5.41, 5.74) is 0.858. The molecule has 3 saturated heterocycles. The first-order valence-electron chi connectivity index (χ1n) is 17.2. The highest BCUT2D eigenvalue weighted by molar-refractivity contribution is 5.99. The van der Waals surface area contributed by atoms with Crippen molar-refractivity contribution in [3.63, 3.8) is 0 Å². The molecule has 13 nitrogen and oxygen atoms in total. The van der Waals surface area contributed by atoms with Crippen LogP contribution in [-0.4, -0.2) is 97.1 Å². The molecule has 3 aliphatic heterocycles. The molecule has 1 spiro atoms. The van der Waals surface area contributed by atoms with E-state index in [1.165, 1.54) is 4.90 Å². The van der Waals surface area contributed by atoms with Crippen LogP contribution in [0.2, 0.25) is 0 Å². The molecular weight excluding hydrogens is 640 g/mol. The van der Waals surface area contributed by atoms with Crippen molar-refractivity contribution in [1.29, 1.82) is 0 Å². The van der Waals surface area contributed by atoms with Crippen molar-refractivity contribution in [2.75, 3.05) is 19.8 Å². The predicted molar refractivity (Wildman–Crippen MR) is 183 cm³/mol. The number of fused-ring (bicyclic) bond motifs is 2. The fraction of sp³-hybridized carbons (Fsp3) is 0.459. The Morgan fingerprint density at radius 1 is 1.16 bits per heavy atom. The maximum absolute atomic E-state index is 14.8. The third-order valence-electron chi connectivity index (χ3n) is 10.2. The van der Waals surface area contributed by atoms with E-state index < -0.39 is 59.5 Å². The summed E-state index contributed by atoms with van der Waals surface area (Å²) in [7, 11) is 0. The van der Waals surface area contributed by atoms with Gasteiger partial charge in [0, 0.05) is 13.0 Å². The number of carbonyl (C=O) groups is 4. The maximum atomic E-state index is 14.8. The molecule has 6 rings (SSSR count). The minimum atomic E-state index is -1.29. The molecule has 3 fully saturated rings. The van der Waals surface area contributed by atoms with Gasteiger partial charge in [0.2, 0.25) is 17.7 Å². The molecule has 50 heavy (non-hydrogen) atoms. The summed E-state index contributed by atoms with van der Waals surface area (Å²) >= 11 is 0. The van der Waals surface area contributed by atoms with Crippen molar-refractivity contribution >= 4 is 34.7 Å². The second-order valence-corrected chi connectivity index (χ2v) is 13.1. The van der Waals surface area contributed by atoms with Crippen LogP contribution in [0.5, 0.6) is 0 Å². The Hall–Kier alpha value is -4.88. The van der Waals surface area contributed by atoms with Gasteiger partial charge in [-0.1, -0.05) is 66.8 Å². The summed E-state index contributed by atoms with van der Waals surface area (Å²) in [6.07, 6.45) is 4.52. The normalized spacial score (nSPS) is 24.8. The fourth-order valence-electron chi connectivity index (χ4n) is 7.85. The number of hydrogen-bond donors (Lipinski definition) is 2. The Labute approximate surface area is 290 Å². The molecule has 3 aliphatic rings.